The fraction of sp³-hybridized carbons (Fsp3) is 0.538. The lowest BCUT2D eigenvalue weighted by Gasteiger charge is -2.15. The van der Waals surface area contributed by atoms with Crippen molar-refractivity contribution in [3.63, 3.8) is 0 Å². The van der Waals surface area contributed by atoms with Crippen LogP contribution in [-0.2, 0) is 11.5 Å². The SMILES string of the molecule is Cc1nc(N)c2c(Br)cn(COCC[Si](C)(C)C)c2n1. The van der Waals surface area contributed by atoms with E-state index in [1.165, 1.54) is 0 Å². The van der Waals surface area contributed by atoms with Gasteiger partial charge in [0.25, 0.3) is 0 Å². The van der Waals surface area contributed by atoms with Crippen LogP contribution in [0.5, 0.6) is 0 Å². The van der Waals surface area contributed by atoms with Gasteiger partial charge in [-0.1, -0.05) is 19.6 Å². The van der Waals surface area contributed by atoms with Gasteiger partial charge in [0.15, 0.2) is 0 Å². The van der Waals surface area contributed by atoms with E-state index in [-0.39, 0.29) is 0 Å². The van der Waals surface area contributed by atoms with Gasteiger partial charge in [0.05, 0.1) is 5.39 Å². The van der Waals surface area contributed by atoms with Crippen molar-refractivity contribution in [3.05, 3.63) is 16.5 Å². The molecule has 2 N–H and O–H groups in total. The Kier molecular flexibility index (Phi) is 4.51. The lowest BCUT2D eigenvalue weighted by Crippen LogP contribution is -2.22. The minimum atomic E-state index is -1.05. The molecule has 2 heterocycles. The molecular formula is C13H21BrN4OSi. The number of aryl methyl sites for hydroxylation is 1. The number of nitrogens with zero attached hydrogens (tertiary/aromatic N) is 3. The Morgan fingerprint density at radius 3 is 2.70 bits per heavy atom. The van der Waals surface area contributed by atoms with E-state index in [0.29, 0.717) is 18.4 Å². The third-order valence-corrected chi connectivity index (χ3v) is 5.34. The summed E-state index contributed by atoms with van der Waals surface area (Å²) in [5.74, 6) is 1.17. The number of rotatable bonds is 5. The topological polar surface area (TPSA) is 66.0 Å². The third-order valence-electron chi connectivity index (χ3n) is 3.04. The molecule has 0 radical (unpaired) electrons. The van der Waals surface area contributed by atoms with E-state index in [1.807, 2.05) is 17.7 Å². The molecule has 0 aliphatic rings. The third kappa shape index (κ3) is 3.59. The molecule has 0 amide bonds. The Morgan fingerprint density at radius 1 is 1.35 bits per heavy atom. The molecule has 0 saturated carbocycles. The molecule has 2 aromatic heterocycles. The quantitative estimate of drug-likeness (QED) is 0.658. The molecule has 0 unspecified atom stereocenters. The number of nitrogens with two attached hydrogens (primary N) is 1. The predicted octanol–water partition coefficient (Wildman–Crippen LogP) is 3.40. The summed E-state index contributed by atoms with van der Waals surface area (Å²) in [6.07, 6.45) is 1.95. The average molecular weight is 357 g/mol. The largest absolute Gasteiger partial charge is 0.383 e. The van der Waals surface area contributed by atoms with Crippen molar-refractivity contribution in [2.45, 2.75) is 39.3 Å². The monoisotopic (exact) mass is 356 g/mol. The summed E-state index contributed by atoms with van der Waals surface area (Å²) in [4.78, 5) is 8.65. The number of aromatic nitrogens is 3. The van der Waals surface area contributed by atoms with E-state index in [4.69, 9.17) is 10.5 Å². The smallest absolute Gasteiger partial charge is 0.148 e. The molecule has 0 aromatic carbocycles. The van der Waals surface area contributed by atoms with Gasteiger partial charge in [-0.05, 0) is 28.9 Å². The fourth-order valence-electron chi connectivity index (χ4n) is 1.92. The molecule has 2 rings (SSSR count). The van der Waals surface area contributed by atoms with Gasteiger partial charge in [0.1, 0.15) is 24.0 Å². The van der Waals surface area contributed by atoms with Crippen LogP contribution < -0.4 is 5.73 Å². The van der Waals surface area contributed by atoms with E-state index >= 15 is 0 Å². The van der Waals surface area contributed by atoms with Crippen LogP contribution in [0.1, 0.15) is 5.82 Å². The summed E-state index contributed by atoms with van der Waals surface area (Å²) in [5.41, 5.74) is 6.77. The van der Waals surface area contributed by atoms with Gasteiger partial charge in [-0.15, -0.1) is 0 Å². The first-order valence-corrected chi connectivity index (χ1v) is 11.1. The van der Waals surface area contributed by atoms with Gasteiger partial charge in [-0.25, -0.2) is 9.97 Å². The van der Waals surface area contributed by atoms with Crippen LogP contribution in [-0.4, -0.2) is 29.2 Å². The Labute approximate surface area is 128 Å². The van der Waals surface area contributed by atoms with Crippen LogP contribution in [0.25, 0.3) is 11.0 Å². The van der Waals surface area contributed by atoms with Crippen LogP contribution in [0.4, 0.5) is 5.82 Å². The highest BCUT2D eigenvalue weighted by Crippen LogP contribution is 2.28. The van der Waals surface area contributed by atoms with Crippen molar-refractivity contribution >= 4 is 40.9 Å². The average Bonchev–Trinajstić information content (AvgIpc) is 2.60. The minimum absolute atomic E-state index is 0.489. The van der Waals surface area contributed by atoms with Crippen molar-refractivity contribution in [1.82, 2.24) is 14.5 Å². The number of fused-ring (bicyclic) bond motifs is 1. The maximum atomic E-state index is 5.95. The molecule has 0 fully saturated rings. The maximum absolute atomic E-state index is 5.95. The summed E-state index contributed by atoms with van der Waals surface area (Å²) in [5, 5.41) is 0.851. The zero-order valence-electron chi connectivity index (χ0n) is 12.4. The van der Waals surface area contributed by atoms with Gasteiger partial charge < -0.3 is 15.0 Å². The molecule has 0 atom stereocenters. The predicted molar refractivity (Wildman–Crippen MR) is 88.5 cm³/mol. The molecule has 110 valence electrons. The van der Waals surface area contributed by atoms with Gasteiger partial charge in [-0.3, -0.25) is 0 Å². The number of hydrogen-bond donors (Lipinski definition) is 1. The van der Waals surface area contributed by atoms with E-state index < -0.39 is 8.07 Å². The van der Waals surface area contributed by atoms with Crippen molar-refractivity contribution in [2.75, 3.05) is 12.3 Å². The number of hydrogen-bond acceptors (Lipinski definition) is 4. The highest BCUT2D eigenvalue weighted by molar-refractivity contribution is 9.10. The Hall–Kier alpha value is -0.923. The van der Waals surface area contributed by atoms with E-state index in [0.717, 1.165) is 28.2 Å². The van der Waals surface area contributed by atoms with E-state index in [1.54, 1.807) is 0 Å². The molecule has 2 aromatic rings. The van der Waals surface area contributed by atoms with Crippen molar-refractivity contribution in [3.8, 4) is 0 Å². The molecule has 7 heteroatoms. The molecule has 5 nitrogen and oxygen atoms in total. The molecule has 0 saturated heterocycles. The first-order chi connectivity index (χ1) is 9.28. The molecule has 0 bridgehead atoms. The minimum Gasteiger partial charge on any atom is -0.383 e. The van der Waals surface area contributed by atoms with Crippen molar-refractivity contribution in [1.29, 1.82) is 0 Å². The number of ether oxygens (including phenoxy) is 1. The fourth-order valence-corrected chi connectivity index (χ4v) is 3.30. The van der Waals surface area contributed by atoms with Gasteiger partial charge in [0.2, 0.25) is 0 Å². The molecular weight excluding hydrogens is 336 g/mol. The highest BCUT2D eigenvalue weighted by atomic mass is 79.9. The van der Waals surface area contributed by atoms with Crippen molar-refractivity contribution in [2.24, 2.45) is 0 Å². The van der Waals surface area contributed by atoms with Gasteiger partial charge in [-0.2, -0.15) is 0 Å². The van der Waals surface area contributed by atoms with E-state index in [2.05, 4.69) is 45.5 Å². The molecule has 0 spiro atoms. The van der Waals surface area contributed by atoms with Gasteiger partial charge >= 0.3 is 0 Å². The van der Waals surface area contributed by atoms with Gasteiger partial charge in [0, 0.05) is 25.4 Å². The summed E-state index contributed by atoms with van der Waals surface area (Å²) in [6, 6.07) is 1.16. The maximum Gasteiger partial charge on any atom is 0.148 e. The zero-order valence-corrected chi connectivity index (χ0v) is 15.0. The summed E-state index contributed by atoms with van der Waals surface area (Å²) in [6.45, 7) is 10.1. The van der Waals surface area contributed by atoms with Crippen LogP contribution in [0, 0.1) is 6.92 Å². The second-order valence-corrected chi connectivity index (χ2v) is 12.6. The van der Waals surface area contributed by atoms with E-state index in [9.17, 15) is 0 Å². The number of halogens is 1. The molecule has 0 aliphatic heterocycles. The Morgan fingerprint density at radius 2 is 2.05 bits per heavy atom. The second-order valence-electron chi connectivity index (χ2n) is 6.15. The first kappa shape index (κ1) is 15.5. The molecule has 20 heavy (non-hydrogen) atoms. The van der Waals surface area contributed by atoms with Crippen LogP contribution in [0.2, 0.25) is 25.7 Å². The Bertz CT molecular complexity index is 621. The highest BCUT2D eigenvalue weighted by Gasteiger charge is 2.14. The zero-order chi connectivity index (χ0) is 14.9. The van der Waals surface area contributed by atoms with Crippen LogP contribution in [0.3, 0.4) is 0 Å². The lowest BCUT2D eigenvalue weighted by atomic mass is 10.4. The number of nitrogen functional groups attached to an aromatic ring is 1. The summed E-state index contributed by atoms with van der Waals surface area (Å²) < 4.78 is 8.64. The standard InChI is InChI=1S/C13H21BrN4OSi/c1-9-16-12(15)11-10(14)7-18(13(11)17-9)8-19-5-6-20(2,3)4/h7H,5-6,8H2,1-4H3,(H2,15,16,17). The number of anilines is 1. The second kappa shape index (κ2) is 5.83. The van der Waals surface area contributed by atoms with Crippen LogP contribution >= 0.6 is 15.9 Å². The van der Waals surface area contributed by atoms with Crippen molar-refractivity contribution < 1.29 is 4.74 Å². The van der Waals surface area contributed by atoms with Crippen LogP contribution in [0.15, 0.2) is 10.7 Å². The first-order valence-electron chi connectivity index (χ1n) is 6.64. The summed E-state index contributed by atoms with van der Waals surface area (Å²) in [7, 11) is -1.05. The Balaban J connectivity index is 2.15. The molecule has 0 aliphatic carbocycles. The normalized spacial score (nSPS) is 12.2. The lowest BCUT2D eigenvalue weighted by molar-refractivity contribution is 0.0898. The summed E-state index contributed by atoms with van der Waals surface area (Å²) >= 11 is 3.50.